The molecule has 1 aromatic rings. The molecule has 0 aromatic heterocycles. The van der Waals surface area contributed by atoms with Gasteiger partial charge in [-0.2, -0.15) is 0 Å². The number of amides is 2. The Morgan fingerprint density at radius 3 is 2.40 bits per heavy atom. The first kappa shape index (κ1) is 16.0. The molecule has 4 N–H and O–H groups in total. The number of unbranched alkanes of at least 4 members (excludes halogenated alkanes) is 1. The number of rotatable bonds is 6. The number of nitrogen functional groups attached to an aromatic ring is 1. The molecule has 0 atom stereocenters. The molecule has 20 heavy (non-hydrogen) atoms. The first-order valence-corrected chi connectivity index (χ1v) is 6.81. The third-order valence-electron chi connectivity index (χ3n) is 3.26. The van der Waals surface area contributed by atoms with Gasteiger partial charge in [-0.05, 0) is 37.5 Å². The van der Waals surface area contributed by atoms with Crippen LogP contribution >= 0.6 is 0 Å². The zero-order valence-corrected chi connectivity index (χ0v) is 12.4. The predicted octanol–water partition coefficient (Wildman–Crippen LogP) is 1.61. The summed E-state index contributed by atoms with van der Waals surface area (Å²) in [5, 5.41) is 0. The number of anilines is 1. The summed E-state index contributed by atoms with van der Waals surface area (Å²) in [5.74, 6) is -0.700. The fourth-order valence-corrected chi connectivity index (χ4v) is 2.06. The van der Waals surface area contributed by atoms with E-state index in [0.717, 1.165) is 24.0 Å². The number of primary amides is 1. The summed E-state index contributed by atoms with van der Waals surface area (Å²) in [6.45, 7) is 6.25. The van der Waals surface area contributed by atoms with Gasteiger partial charge >= 0.3 is 0 Å². The van der Waals surface area contributed by atoms with Gasteiger partial charge in [0.05, 0.1) is 6.54 Å². The van der Waals surface area contributed by atoms with E-state index in [4.69, 9.17) is 11.5 Å². The van der Waals surface area contributed by atoms with Gasteiger partial charge in [-0.1, -0.05) is 19.4 Å². The van der Waals surface area contributed by atoms with Crippen molar-refractivity contribution in [3.8, 4) is 0 Å². The lowest BCUT2D eigenvalue weighted by atomic mass is 10.0. The van der Waals surface area contributed by atoms with Crippen LogP contribution in [0.2, 0.25) is 0 Å². The third-order valence-corrected chi connectivity index (χ3v) is 3.26. The van der Waals surface area contributed by atoms with Gasteiger partial charge in [0.15, 0.2) is 0 Å². The number of carbonyl (C=O) groups is 2. The molecule has 0 saturated carbocycles. The lowest BCUT2D eigenvalue weighted by molar-refractivity contribution is -0.118. The van der Waals surface area contributed by atoms with Crippen LogP contribution in [-0.4, -0.2) is 29.8 Å². The van der Waals surface area contributed by atoms with Crippen LogP contribution < -0.4 is 11.5 Å². The van der Waals surface area contributed by atoms with Crippen molar-refractivity contribution in [2.45, 2.75) is 33.6 Å². The number of nitrogens with zero attached hydrogens (tertiary/aromatic N) is 1. The van der Waals surface area contributed by atoms with Crippen LogP contribution in [0.15, 0.2) is 12.1 Å². The minimum atomic E-state index is -0.507. The van der Waals surface area contributed by atoms with E-state index in [1.54, 1.807) is 6.07 Å². The van der Waals surface area contributed by atoms with Crippen LogP contribution in [-0.2, 0) is 4.79 Å². The molecule has 5 heteroatoms. The minimum absolute atomic E-state index is 0.0634. The standard InChI is InChI=1S/C15H23N3O2/c1-4-5-6-18(9-14(17)19)15(20)12-8-13(16)11(3)7-10(12)2/h7-8H,4-6,9,16H2,1-3H3,(H2,17,19). The van der Waals surface area contributed by atoms with Crippen LogP contribution in [0.5, 0.6) is 0 Å². The molecule has 0 fully saturated rings. The Kier molecular flexibility index (Phi) is 5.55. The smallest absolute Gasteiger partial charge is 0.254 e. The van der Waals surface area contributed by atoms with Gasteiger partial charge in [0.2, 0.25) is 5.91 Å². The highest BCUT2D eigenvalue weighted by molar-refractivity contribution is 5.98. The maximum Gasteiger partial charge on any atom is 0.254 e. The number of nitrogens with two attached hydrogens (primary N) is 2. The summed E-state index contributed by atoms with van der Waals surface area (Å²) < 4.78 is 0. The normalized spacial score (nSPS) is 10.3. The van der Waals surface area contributed by atoms with Crippen LogP contribution in [0.1, 0.15) is 41.3 Å². The SMILES string of the molecule is CCCCN(CC(N)=O)C(=O)c1cc(N)c(C)cc1C. The number of hydrogen-bond acceptors (Lipinski definition) is 3. The highest BCUT2D eigenvalue weighted by Gasteiger charge is 2.19. The van der Waals surface area contributed by atoms with E-state index in [0.29, 0.717) is 17.8 Å². The molecule has 5 nitrogen and oxygen atoms in total. The van der Waals surface area contributed by atoms with E-state index < -0.39 is 5.91 Å². The molecular formula is C15H23N3O2. The van der Waals surface area contributed by atoms with Gasteiger partial charge in [-0.25, -0.2) is 0 Å². The number of benzene rings is 1. The van der Waals surface area contributed by atoms with Gasteiger partial charge in [-0.15, -0.1) is 0 Å². The van der Waals surface area contributed by atoms with Crippen molar-refractivity contribution in [1.29, 1.82) is 0 Å². The topological polar surface area (TPSA) is 89.4 Å². The monoisotopic (exact) mass is 277 g/mol. The molecular weight excluding hydrogens is 254 g/mol. The molecule has 0 spiro atoms. The molecule has 1 aromatic carbocycles. The Balaban J connectivity index is 3.04. The second kappa shape index (κ2) is 6.93. The summed E-state index contributed by atoms with van der Waals surface area (Å²) in [6.07, 6.45) is 1.77. The predicted molar refractivity (Wildman–Crippen MR) is 80.3 cm³/mol. The Hall–Kier alpha value is -2.04. The summed E-state index contributed by atoms with van der Waals surface area (Å²) >= 11 is 0. The Bertz CT molecular complexity index is 512. The quantitative estimate of drug-likeness (QED) is 0.774. The first-order valence-electron chi connectivity index (χ1n) is 6.81. The molecule has 0 aliphatic carbocycles. The van der Waals surface area contributed by atoms with E-state index in [9.17, 15) is 9.59 Å². The fraction of sp³-hybridized carbons (Fsp3) is 0.467. The van der Waals surface area contributed by atoms with Crippen LogP contribution in [0.25, 0.3) is 0 Å². The second-order valence-electron chi connectivity index (χ2n) is 5.07. The maximum absolute atomic E-state index is 12.5. The van der Waals surface area contributed by atoms with E-state index in [-0.39, 0.29) is 12.5 Å². The third kappa shape index (κ3) is 3.98. The highest BCUT2D eigenvalue weighted by Crippen LogP contribution is 2.19. The van der Waals surface area contributed by atoms with E-state index in [2.05, 4.69) is 0 Å². The molecule has 0 saturated heterocycles. The second-order valence-corrected chi connectivity index (χ2v) is 5.07. The molecule has 0 radical (unpaired) electrons. The number of carbonyl (C=O) groups excluding carboxylic acids is 2. The molecule has 0 heterocycles. The summed E-state index contributed by atoms with van der Waals surface area (Å²) in [5.41, 5.74) is 14.0. The van der Waals surface area contributed by atoms with Crippen molar-refractivity contribution >= 4 is 17.5 Å². The molecule has 0 bridgehead atoms. The van der Waals surface area contributed by atoms with Gasteiger partial charge < -0.3 is 16.4 Å². The van der Waals surface area contributed by atoms with Crippen LogP contribution in [0.4, 0.5) is 5.69 Å². The van der Waals surface area contributed by atoms with Gasteiger partial charge in [-0.3, -0.25) is 9.59 Å². The van der Waals surface area contributed by atoms with Gasteiger partial charge in [0, 0.05) is 17.8 Å². The van der Waals surface area contributed by atoms with Crippen molar-refractivity contribution in [1.82, 2.24) is 4.90 Å². The van der Waals surface area contributed by atoms with Crippen molar-refractivity contribution in [2.75, 3.05) is 18.8 Å². The number of hydrogen-bond donors (Lipinski definition) is 2. The molecule has 0 aliphatic heterocycles. The van der Waals surface area contributed by atoms with Crippen LogP contribution in [0.3, 0.4) is 0 Å². The zero-order valence-electron chi connectivity index (χ0n) is 12.4. The van der Waals surface area contributed by atoms with Crippen LogP contribution in [0, 0.1) is 13.8 Å². The largest absolute Gasteiger partial charge is 0.398 e. The fourth-order valence-electron chi connectivity index (χ4n) is 2.06. The van der Waals surface area contributed by atoms with Crippen molar-refractivity contribution < 1.29 is 9.59 Å². The zero-order chi connectivity index (χ0) is 15.3. The Labute approximate surface area is 119 Å². The molecule has 110 valence electrons. The molecule has 0 unspecified atom stereocenters. The lowest BCUT2D eigenvalue weighted by Gasteiger charge is -2.22. The molecule has 1 rings (SSSR count). The van der Waals surface area contributed by atoms with Gasteiger partial charge in [0.1, 0.15) is 0 Å². The Morgan fingerprint density at radius 2 is 1.85 bits per heavy atom. The highest BCUT2D eigenvalue weighted by atomic mass is 16.2. The summed E-state index contributed by atoms with van der Waals surface area (Å²) in [4.78, 5) is 25.1. The summed E-state index contributed by atoms with van der Waals surface area (Å²) in [7, 11) is 0. The average Bonchev–Trinajstić information content (AvgIpc) is 2.37. The molecule has 2 amide bonds. The van der Waals surface area contributed by atoms with E-state index in [1.165, 1.54) is 4.90 Å². The molecule has 0 aliphatic rings. The minimum Gasteiger partial charge on any atom is -0.398 e. The van der Waals surface area contributed by atoms with Gasteiger partial charge in [0.25, 0.3) is 5.91 Å². The lowest BCUT2D eigenvalue weighted by Crippen LogP contribution is -2.39. The van der Waals surface area contributed by atoms with E-state index in [1.807, 2.05) is 26.8 Å². The maximum atomic E-state index is 12.5. The average molecular weight is 277 g/mol. The Morgan fingerprint density at radius 1 is 1.20 bits per heavy atom. The van der Waals surface area contributed by atoms with Crippen molar-refractivity contribution in [3.63, 3.8) is 0 Å². The number of aryl methyl sites for hydroxylation is 2. The van der Waals surface area contributed by atoms with Crippen molar-refractivity contribution in [2.24, 2.45) is 5.73 Å². The first-order chi connectivity index (χ1) is 9.36. The summed E-state index contributed by atoms with van der Waals surface area (Å²) in [6, 6.07) is 3.55. The van der Waals surface area contributed by atoms with Crippen molar-refractivity contribution in [3.05, 3.63) is 28.8 Å². The van der Waals surface area contributed by atoms with E-state index >= 15 is 0 Å².